The standard InChI is InChI=1S/C13H22N2/c1-3-9-15-10-11(2)13(14)12-7-5-4-6-8-12/h4-8,11,13,15H,3,9-10,14H2,1-2H3. The number of nitrogens with one attached hydrogen (secondary N) is 1. The first kappa shape index (κ1) is 12.2. The summed E-state index contributed by atoms with van der Waals surface area (Å²) in [4.78, 5) is 0. The van der Waals surface area contributed by atoms with Gasteiger partial charge in [0.05, 0.1) is 0 Å². The zero-order chi connectivity index (χ0) is 11.1. The highest BCUT2D eigenvalue weighted by molar-refractivity contribution is 5.19. The van der Waals surface area contributed by atoms with Crippen molar-refractivity contribution >= 4 is 0 Å². The van der Waals surface area contributed by atoms with Crippen LogP contribution in [0.15, 0.2) is 30.3 Å². The number of rotatable bonds is 6. The fraction of sp³-hybridized carbons (Fsp3) is 0.538. The van der Waals surface area contributed by atoms with Crippen molar-refractivity contribution in [2.45, 2.75) is 26.3 Å². The molecular formula is C13H22N2. The van der Waals surface area contributed by atoms with Crippen molar-refractivity contribution in [2.24, 2.45) is 11.7 Å². The molecular weight excluding hydrogens is 184 g/mol. The lowest BCUT2D eigenvalue weighted by Crippen LogP contribution is -2.29. The van der Waals surface area contributed by atoms with Gasteiger partial charge in [-0.1, -0.05) is 44.2 Å². The molecule has 3 N–H and O–H groups in total. The fourth-order valence-corrected chi connectivity index (χ4v) is 1.64. The van der Waals surface area contributed by atoms with Gasteiger partial charge in [0.2, 0.25) is 0 Å². The van der Waals surface area contributed by atoms with Crippen LogP contribution in [0.2, 0.25) is 0 Å². The summed E-state index contributed by atoms with van der Waals surface area (Å²) in [5, 5.41) is 3.41. The third-order valence-electron chi connectivity index (χ3n) is 2.69. The monoisotopic (exact) mass is 206 g/mol. The third kappa shape index (κ3) is 4.02. The first-order valence-electron chi connectivity index (χ1n) is 5.77. The summed E-state index contributed by atoms with van der Waals surface area (Å²) in [6, 6.07) is 10.4. The minimum absolute atomic E-state index is 0.135. The molecule has 1 rings (SSSR count). The van der Waals surface area contributed by atoms with Gasteiger partial charge in [0.25, 0.3) is 0 Å². The van der Waals surface area contributed by atoms with Crippen LogP contribution in [0, 0.1) is 5.92 Å². The van der Waals surface area contributed by atoms with Crippen molar-refractivity contribution in [3.63, 3.8) is 0 Å². The Morgan fingerprint density at radius 2 is 1.93 bits per heavy atom. The molecule has 2 heteroatoms. The van der Waals surface area contributed by atoms with Gasteiger partial charge < -0.3 is 11.1 Å². The minimum Gasteiger partial charge on any atom is -0.324 e. The van der Waals surface area contributed by atoms with Crippen molar-refractivity contribution in [3.8, 4) is 0 Å². The Labute approximate surface area is 92.9 Å². The zero-order valence-electron chi connectivity index (χ0n) is 9.74. The van der Waals surface area contributed by atoms with E-state index < -0.39 is 0 Å². The minimum atomic E-state index is 0.135. The highest BCUT2D eigenvalue weighted by atomic mass is 14.9. The Balaban J connectivity index is 2.42. The van der Waals surface area contributed by atoms with E-state index in [1.165, 1.54) is 12.0 Å². The third-order valence-corrected chi connectivity index (χ3v) is 2.69. The first-order valence-corrected chi connectivity index (χ1v) is 5.77. The molecule has 84 valence electrons. The maximum Gasteiger partial charge on any atom is 0.0333 e. The lowest BCUT2D eigenvalue weighted by atomic mass is 9.95. The summed E-state index contributed by atoms with van der Waals surface area (Å²) >= 11 is 0. The lowest BCUT2D eigenvalue weighted by Gasteiger charge is -2.20. The Kier molecular flexibility index (Phi) is 5.37. The van der Waals surface area contributed by atoms with Crippen LogP contribution in [0.25, 0.3) is 0 Å². The molecule has 0 amide bonds. The molecule has 0 aliphatic rings. The summed E-state index contributed by atoms with van der Waals surface area (Å²) < 4.78 is 0. The highest BCUT2D eigenvalue weighted by Crippen LogP contribution is 2.17. The van der Waals surface area contributed by atoms with Crippen LogP contribution >= 0.6 is 0 Å². The van der Waals surface area contributed by atoms with E-state index in [0.717, 1.165) is 13.1 Å². The summed E-state index contributed by atoms with van der Waals surface area (Å²) in [5.74, 6) is 0.471. The number of nitrogens with two attached hydrogens (primary N) is 1. The summed E-state index contributed by atoms with van der Waals surface area (Å²) in [6.45, 7) is 6.44. The molecule has 0 radical (unpaired) electrons. The van der Waals surface area contributed by atoms with Crippen molar-refractivity contribution in [1.82, 2.24) is 5.32 Å². The molecule has 2 unspecified atom stereocenters. The molecule has 15 heavy (non-hydrogen) atoms. The highest BCUT2D eigenvalue weighted by Gasteiger charge is 2.13. The average Bonchev–Trinajstić information content (AvgIpc) is 2.29. The molecule has 0 saturated heterocycles. The molecule has 2 nitrogen and oxygen atoms in total. The topological polar surface area (TPSA) is 38.0 Å². The van der Waals surface area contributed by atoms with Gasteiger partial charge in [-0.3, -0.25) is 0 Å². The quantitative estimate of drug-likeness (QED) is 0.701. The van der Waals surface area contributed by atoms with Gasteiger partial charge in [0.1, 0.15) is 0 Å². The van der Waals surface area contributed by atoms with Crippen LogP contribution in [0.3, 0.4) is 0 Å². The van der Waals surface area contributed by atoms with Crippen LogP contribution < -0.4 is 11.1 Å². The normalized spacial score (nSPS) is 14.9. The lowest BCUT2D eigenvalue weighted by molar-refractivity contribution is 0.435. The molecule has 0 heterocycles. The Morgan fingerprint density at radius 3 is 2.53 bits per heavy atom. The van der Waals surface area contributed by atoms with E-state index >= 15 is 0 Å². The second kappa shape index (κ2) is 6.59. The molecule has 0 aromatic heterocycles. The second-order valence-corrected chi connectivity index (χ2v) is 4.12. The van der Waals surface area contributed by atoms with E-state index in [4.69, 9.17) is 5.73 Å². The molecule has 0 spiro atoms. The molecule has 0 bridgehead atoms. The van der Waals surface area contributed by atoms with Gasteiger partial charge >= 0.3 is 0 Å². The fourth-order valence-electron chi connectivity index (χ4n) is 1.64. The van der Waals surface area contributed by atoms with Crippen LogP contribution in [-0.4, -0.2) is 13.1 Å². The van der Waals surface area contributed by atoms with Gasteiger partial charge in [0.15, 0.2) is 0 Å². The molecule has 2 atom stereocenters. The SMILES string of the molecule is CCCNCC(C)C(N)c1ccccc1. The van der Waals surface area contributed by atoms with Gasteiger partial charge in [-0.15, -0.1) is 0 Å². The Bertz CT molecular complexity index is 258. The van der Waals surface area contributed by atoms with Crippen molar-refractivity contribution in [3.05, 3.63) is 35.9 Å². The molecule has 0 fully saturated rings. The van der Waals surface area contributed by atoms with E-state index in [9.17, 15) is 0 Å². The van der Waals surface area contributed by atoms with Crippen molar-refractivity contribution in [2.75, 3.05) is 13.1 Å². The Morgan fingerprint density at radius 1 is 1.27 bits per heavy atom. The van der Waals surface area contributed by atoms with Gasteiger partial charge in [-0.25, -0.2) is 0 Å². The maximum atomic E-state index is 6.18. The first-order chi connectivity index (χ1) is 7.25. The molecule has 0 saturated carbocycles. The van der Waals surface area contributed by atoms with Crippen LogP contribution in [0.1, 0.15) is 31.9 Å². The summed E-state index contributed by atoms with van der Waals surface area (Å²) in [7, 11) is 0. The predicted octanol–water partition coefficient (Wildman–Crippen LogP) is 2.32. The van der Waals surface area contributed by atoms with Crippen LogP contribution in [-0.2, 0) is 0 Å². The number of benzene rings is 1. The van der Waals surface area contributed by atoms with Gasteiger partial charge in [0, 0.05) is 6.04 Å². The zero-order valence-corrected chi connectivity index (χ0v) is 9.74. The van der Waals surface area contributed by atoms with E-state index in [0.29, 0.717) is 5.92 Å². The molecule has 1 aromatic rings. The largest absolute Gasteiger partial charge is 0.324 e. The maximum absolute atomic E-state index is 6.18. The van der Waals surface area contributed by atoms with E-state index in [1.54, 1.807) is 0 Å². The summed E-state index contributed by atoms with van der Waals surface area (Å²) in [5.41, 5.74) is 7.41. The predicted molar refractivity (Wildman–Crippen MR) is 65.7 cm³/mol. The van der Waals surface area contributed by atoms with Gasteiger partial charge in [-0.2, -0.15) is 0 Å². The van der Waals surface area contributed by atoms with E-state index in [-0.39, 0.29) is 6.04 Å². The number of hydrogen-bond donors (Lipinski definition) is 2. The van der Waals surface area contributed by atoms with Crippen molar-refractivity contribution < 1.29 is 0 Å². The van der Waals surface area contributed by atoms with E-state index in [1.807, 2.05) is 18.2 Å². The smallest absolute Gasteiger partial charge is 0.0333 e. The number of hydrogen-bond acceptors (Lipinski definition) is 2. The molecule has 0 aliphatic carbocycles. The second-order valence-electron chi connectivity index (χ2n) is 4.12. The molecule has 1 aromatic carbocycles. The molecule has 0 aliphatic heterocycles. The van der Waals surface area contributed by atoms with Gasteiger partial charge in [-0.05, 0) is 31.0 Å². The summed E-state index contributed by atoms with van der Waals surface area (Å²) in [6.07, 6.45) is 1.17. The van der Waals surface area contributed by atoms with E-state index in [2.05, 4.69) is 31.3 Å². The average molecular weight is 206 g/mol. The van der Waals surface area contributed by atoms with Crippen LogP contribution in [0.4, 0.5) is 0 Å². The Hall–Kier alpha value is -0.860. The van der Waals surface area contributed by atoms with Crippen molar-refractivity contribution in [1.29, 1.82) is 0 Å². The van der Waals surface area contributed by atoms with Crippen LogP contribution in [0.5, 0.6) is 0 Å².